The highest BCUT2D eigenvalue weighted by Crippen LogP contribution is 2.31. The Morgan fingerprint density at radius 2 is 1.81 bits per heavy atom. The third-order valence-corrected chi connectivity index (χ3v) is 6.36. The van der Waals surface area contributed by atoms with Crippen molar-refractivity contribution in [3.63, 3.8) is 0 Å². The monoisotopic (exact) mass is 388 g/mol. The minimum absolute atomic E-state index is 0.0770. The maximum absolute atomic E-state index is 13.2. The SMILES string of the molecule is Cc1nnc(S(=O)(=O)C(C)c2ncc(C(C)(C)C)o2)n1Cc1ccccc1. The lowest BCUT2D eigenvalue weighted by molar-refractivity contribution is 0.380. The molecule has 0 aliphatic heterocycles. The molecule has 144 valence electrons. The van der Waals surface area contributed by atoms with Gasteiger partial charge in [-0.2, -0.15) is 0 Å². The zero-order valence-corrected chi connectivity index (χ0v) is 17.0. The second kappa shape index (κ2) is 6.92. The summed E-state index contributed by atoms with van der Waals surface area (Å²) in [6.45, 7) is 9.62. The molecular weight excluding hydrogens is 364 g/mol. The van der Waals surface area contributed by atoms with Crippen LogP contribution in [0.2, 0.25) is 0 Å². The quantitative estimate of drug-likeness (QED) is 0.665. The number of sulfone groups is 1. The van der Waals surface area contributed by atoms with Gasteiger partial charge in [0.05, 0.1) is 12.7 Å². The van der Waals surface area contributed by atoms with Crippen molar-refractivity contribution in [3.8, 4) is 0 Å². The van der Waals surface area contributed by atoms with Gasteiger partial charge in [0.1, 0.15) is 16.8 Å². The molecule has 3 aromatic rings. The Balaban J connectivity index is 1.97. The Labute approximate surface area is 159 Å². The summed E-state index contributed by atoms with van der Waals surface area (Å²) in [5.41, 5.74) is 0.717. The van der Waals surface area contributed by atoms with Gasteiger partial charge in [0.2, 0.25) is 15.7 Å². The molecule has 0 N–H and O–H groups in total. The number of aryl methyl sites for hydroxylation is 1. The molecule has 1 aromatic carbocycles. The van der Waals surface area contributed by atoms with Gasteiger partial charge in [-0.05, 0) is 19.4 Å². The average Bonchev–Trinajstić information content (AvgIpc) is 3.23. The zero-order chi connectivity index (χ0) is 19.8. The molecule has 0 aliphatic carbocycles. The van der Waals surface area contributed by atoms with E-state index in [1.54, 1.807) is 24.6 Å². The van der Waals surface area contributed by atoms with Crippen molar-refractivity contribution < 1.29 is 12.8 Å². The molecule has 8 heteroatoms. The van der Waals surface area contributed by atoms with Gasteiger partial charge in [0.25, 0.3) is 5.16 Å². The summed E-state index contributed by atoms with van der Waals surface area (Å²) in [5, 5.41) is 6.88. The summed E-state index contributed by atoms with van der Waals surface area (Å²) in [4.78, 5) is 4.19. The van der Waals surface area contributed by atoms with Crippen molar-refractivity contribution in [1.29, 1.82) is 0 Å². The normalized spacial score (nSPS) is 13.7. The molecule has 0 saturated heterocycles. The average molecular weight is 388 g/mol. The predicted octanol–water partition coefficient (Wildman–Crippen LogP) is 3.46. The van der Waals surface area contributed by atoms with Crippen molar-refractivity contribution in [2.45, 2.75) is 57.0 Å². The zero-order valence-electron chi connectivity index (χ0n) is 16.2. The van der Waals surface area contributed by atoms with Crippen LogP contribution in [0.3, 0.4) is 0 Å². The molecule has 0 spiro atoms. The van der Waals surface area contributed by atoms with Crippen molar-refractivity contribution >= 4 is 9.84 Å². The Morgan fingerprint density at radius 1 is 1.15 bits per heavy atom. The molecule has 2 heterocycles. The van der Waals surface area contributed by atoms with Crippen LogP contribution in [-0.2, 0) is 21.8 Å². The first-order valence-electron chi connectivity index (χ1n) is 8.74. The first-order chi connectivity index (χ1) is 12.6. The van der Waals surface area contributed by atoms with Crippen molar-refractivity contribution in [2.24, 2.45) is 0 Å². The Morgan fingerprint density at radius 3 is 2.41 bits per heavy atom. The third kappa shape index (κ3) is 3.80. The number of oxazole rings is 1. The standard InChI is InChI=1S/C19H24N4O3S/c1-13(17-20-11-16(26-17)19(3,4)5)27(24,25)18-22-21-14(2)23(18)12-15-9-7-6-8-10-15/h6-11,13H,12H2,1-5H3. The van der Waals surface area contributed by atoms with E-state index in [1.807, 2.05) is 51.1 Å². The summed E-state index contributed by atoms with van der Waals surface area (Å²) in [6, 6.07) is 9.60. The van der Waals surface area contributed by atoms with Crippen molar-refractivity contribution in [1.82, 2.24) is 19.7 Å². The van der Waals surface area contributed by atoms with Gasteiger partial charge in [0.15, 0.2) is 0 Å². The smallest absolute Gasteiger partial charge is 0.250 e. The molecule has 3 rings (SSSR count). The van der Waals surface area contributed by atoms with E-state index in [0.717, 1.165) is 5.56 Å². The topological polar surface area (TPSA) is 90.9 Å². The lowest BCUT2D eigenvalue weighted by Gasteiger charge is -2.14. The van der Waals surface area contributed by atoms with E-state index in [2.05, 4.69) is 15.2 Å². The maximum Gasteiger partial charge on any atom is 0.250 e. The molecule has 0 bridgehead atoms. The Kier molecular flexibility index (Phi) is 4.94. The number of hydrogen-bond donors (Lipinski definition) is 0. The van der Waals surface area contributed by atoms with E-state index in [-0.39, 0.29) is 16.5 Å². The lowest BCUT2D eigenvalue weighted by atomic mass is 9.94. The molecule has 0 radical (unpaired) electrons. The minimum Gasteiger partial charge on any atom is -0.444 e. The molecular formula is C19H24N4O3S. The van der Waals surface area contributed by atoms with Gasteiger partial charge in [-0.25, -0.2) is 13.4 Å². The van der Waals surface area contributed by atoms with Crippen molar-refractivity contribution in [2.75, 3.05) is 0 Å². The molecule has 1 unspecified atom stereocenters. The molecule has 0 aliphatic rings. The van der Waals surface area contributed by atoms with Crippen LogP contribution in [0.15, 0.2) is 46.1 Å². The maximum atomic E-state index is 13.2. The molecule has 1 atom stereocenters. The van der Waals surface area contributed by atoms with E-state index < -0.39 is 15.1 Å². The summed E-state index contributed by atoms with van der Waals surface area (Å²) in [6.07, 6.45) is 1.58. The van der Waals surface area contributed by atoms with Crippen LogP contribution in [-0.4, -0.2) is 28.2 Å². The minimum atomic E-state index is -3.82. The Hall–Kier alpha value is -2.48. The highest BCUT2D eigenvalue weighted by atomic mass is 32.2. The largest absolute Gasteiger partial charge is 0.444 e. The fourth-order valence-corrected chi connectivity index (χ4v) is 3.98. The third-order valence-electron chi connectivity index (χ3n) is 4.42. The molecule has 0 amide bonds. The summed E-state index contributed by atoms with van der Waals surface area (Å²) >= 11 is 0. The predicted molar refractivity (Wildman–Crippen MR) is 101 cm³/mol. The summed E-state index contributed by atoms with van der Waals surface area (Å²) in [7, 11) is -3.82. The highest BCUT2D eigenvalue weighted by Gasteiger charge is 2.35. The molecule has 27 heavy (non-hydrogen) atoms. The van der Waals surface area contributed by atoms with Crippen LogP contribution in [0.5, 0.6) is 0 Å². The number of aromatic nitrogens is 4. The van der Waals surface area contributed by atoms with Gasteiger partial charge in [-0.3, -0.25) is 4.57 Å². The number of nitrogens with zero attached hydrogens (tertiary/aromatic N) is 4. The lowest BCUT2D eigenvalue weighted by Crippen LogP contribution is -2.18. The number of benzene rings is 1. The highest BCUT2D eigenvalue weighted by molar-refractivity contribution is 7.91. The van der Waals surface area contributed by atoms with Gasteiger partial charge in [-0.1, -0.05) is 51.1 Å². The van der Waals surface area contributed by atoms with Crippen LogP contribution >= 0.6 is 0 Å². The Bertz CT molecular complexity index is 1030. The van der Waals surface area contributed by atoms with Gasteiger partial charge in [-0.15, -0.1) is 10.2 Å². The van der Waals surface area contributed by atoms with Crippen LogP contribution in [0.25, 0.3) is 0 Å². The number of hydrogen-bond acceptors (Lipinski definition) is 6. The fraction of sp³-hybridized carbons (Fsp3) is 0.421. The summed E-state index contributed by atoms with van der Waals surface area (Å²) in [5.74, 6) is 1.33. The fourth-order valence-electron chi connectivity index (χ4n) is 2.63. The second-order valence-electron chi connectivity index (χ2n) is 7.60. The second-order valence-corrected chi connectivity index (χ2v) is 9.76. The van der Waals surface area contributed by atoms with Crippen LogP contribution < -0.4 is 0 Å². The van der Waals surface area contributed by atoms with E-state index in [0.29, 0.717) is 18.1 Å². The first-order valence-corrected chi connectivity index (χ1v) is 10.3. The molecule has 0 fully saturated rings. The van der Waals surface area contributed by atoms with E-state index in [9.17, 15) is 8.42 Å². The van der Waals surface area contributed by atoms with Gasteiger partial charge < -0.3 is 4.42 Å². The van der Waals surface area contributed by atoms with Gasteiger partial charge in [0, 0.05) is 5.41 Å². The summed E-state index contributed by atoms with van der Waals surface area (Å²) < 4.78 is 33.7. The van der Waals surface area contributed by atoms with Crippen LogP contribution in [0.1, 0.15) is 56.0 Å². The van der Waals surface area contributed by atoms with Crippen molar-refractivity contribution in [3.05, 3.63) is 59.6 Å². The molecule has 2 aromatic heterocycles. The molecule has 0 saturated carbocycles. The molecule has 7 nitrogen and oxygen atoms in total. The van der Waals surface area contributed by atoms with Gasteiger partial charge >= 0.3 is 0 Å². The first kappa shape index (κ1) is 19.3. The van der Waals surface area contributed by atoms with E-state index in [4.69, 9.17) is 4.42 Å². The van der Waals surface area contributed by atoms with Crippen LogP contribution in [0.4, 0.5) is 0 Å². The van der Waals surface area contributed by atoms with E-state index in [1.165, 1.54) is 0 Å². The number of rotatable bonds is 5. The van der Waals surface area contributed by atoms with E-state index >= 15 is 0 Å². The van der Waals surface area contributed by atoms with Crippen LogP contribution in [0, 0.1) is 6.92 Å².